The van der Waals surface area contributed by atoms with Crippen LogP contribution in [-0.2, 0) is 10.0 Å². The molecule has 0 radical (unpaired) electrons. The number of rotatable bonds is 5. The van der Waals surface area contributed by atoms with Crippen molar-refractivity contribution in [2.75, 3.05) is 20.2 Å². The number of hydrogen-bond acceptors (Lipinski definition) is 6. The standard InChI is InChI=1S/C21H22ClN3O4S/c1-14-5-7-15(8-6-14)20-23-24-21(29-20)16-4-3-11-25(13-16)30(26,27)19-12-17(22)9-10-18(19)28-2/h5-10,12,16H,3-4,11,13H2,1-2H3/t16-/m1/s1. The third-order valence-electron chi connectivity index (χ3n) is 5.22. The van der Waals surface area contributed by atoms with Crippen molar-refractivity contribution in [1.82, 2.24) is 14.5 Å². The number of methoxy groups -OCH3 is 1. The number of sulfonamides is 1. The molecule has 1 fully saturated rings. The maximum Gasteiger partial charge on any atom is 0.247 e. The predicted octanol–water partition coefficient (Wildman–Crippen LogP) is 4.28. The molecule has 1 saturated heterocycles. The van der Waals surface area contributed by atoms with E-state index in [1.165, 1.54) is 17.5 Å². The molecule has 4 rings (SSSR count). The van der Waals surface area contributed by atoms with Crippen molar-refractivity contribution in [3.8, 4) is 17.2 Å². The lowest BCUT2D eigenvalue weighted by Crippen LogP contribution is -2.39. The van der Waals surface area contributed by atoms with E-state index in [1.54, 1.807) is 12.1 Å². The monoisotopic (exact) mass is 447 g/mol. The number of benzene rings is 2. The van der Waals surface area contributed by atoms with Gasteiger partial charge in [0.15, 0.2) is 0 Å². The van der Waals surface area contributed by atoms with Gasteiger partial charge in [-0.2, -0.15) is 4.31 Å². The minimum absolute atomic E-state index is 0.0593. The summed E-state index contributed by atoms with van der Waals surface area (Å²) >= 11 is 6.04. The highest BCUT2D eigenvalue weighted by molar-refractivity contribution is 7.89. The predicted molar refractivity (Wildman–Crippen MR) is 113 cm³/mol. The summed E-state index contributed by atoms with van der Waals surface area (Å²) in [4.78, 5) is 0.0593. The number of halogens is 1. The van der Waals surface area contributed by atoms with Crippen LogP contribution < -0.4 is 4.74 Å². The molecule has 0 spiro atoms. The Morgan fingerprint density at radius 2 is 1.93 bits per heavy atom. The summed E-state index contributed by atoms with van der Waals surface area (Å²) in [6.45, 7) is 2.68. The van der Waals surface area contributed by atoms with Gasteiger partial charge in [0.2, 0.25) is 21.8 Å². The van der Waals surface area contributed by atoms with Crippen LogP contribution >= 0.6 is 11.6 Å². The van der Waals surface area contributed by atoms with Gasteiger partial charge in [-0.05, 0) is 50.1 Å². The van der Waals surface area contributed by atoms with Crippen molar-refractivity contribution in [2.24, 2.45) is 0 Å². The average Bonchev–Trinajstić information content (AvgIpc) is 3.24. The Morgan fingerprint density at radius 1 is 1.17 bits per heavy atom. The largest absolute Gasteiger partial charge is 0.495 e. The number of hydrogen-bond donors (Lipinski definition) is 0. The molecule has 30 heavy (non-hydrogen) atoms. The van der Waals surface area contributed by atoms with Crippen LogP contribution in [0.2, 0.25) is 5.02 Å². The zero-order chi connectivity index (χ0) is 21.3. The lowest BCUT2D eigenvalue weighted by molar-refractivity contribution is 0.285. The molecule has 0 amide bonds. The van der Waals surface area contributed by atoms with E-state index in [-0.39, 0.29) is 23.1 Å². The van der Waals surface area contributed by atoms with Gasteiger partial charge in [-0.25, -0.2) is 8.42 Å². The third-order valence-corrected chi connectivity index (χ3v) is 7.34. The summed E-state index contributed by atoms with van der Waals surface area (Å²) in [6.07, 6.45) is 1.46. The van der Waals surface area contributed by atoms with Crippen LogP contribution in [0.5, 0.6) is 5.75 Å². The summed E-state index contributed by atoms with van der Waals surface area (Å²) < 4.78 is 39.1. The zero-order valence-corrected chi connectivity index (χ0v) is 18.3. The fourth-order valence-electron chi connectivity index (χ4n) is 3.57. The normalized spacial score (nSPS) is 17.8. The van der Waals surface area contributed by atoms with E-state index < -0.39 is 10.0 Å². The van der Waals surface area contributed by atoms with Gasteiger partial charge in [0.05, 0.1) is 13.0 Å². The lowest BCUT2D eigenvalue weighted by Gasteiger charge is -2.30. The van der Waals surface area contributed by atoms with E-state index >= 15 is 0 Å². The van der Waals surface area contributed by atoms with Crippen molar-refractivity contribution in [2.45, 2.75) is 30.6 Å². The minimum atomic E-state index is -3.78. The molecule has 0 unspecified atom stereocenters. The molecule has 7 nitrogen and oxygen atoms in total. The molecule has 1 aromatic heterocycles. The summed E-state index contributed by atoms with van der Waals surface area (Å²) in [5.74, 6) is 0.969. The van der Waals surface area contributed by atoms with Crippen molar-refractivity contribution in [3.63, 3.8) is 0 Å². The molecule has 3 aromatic rings. The molecule has 0 aliphatic carbocycles. The van der Waals surface area contributed by atoms with Crippen LogP contribution in [0.25, 0.3) is 11.5 Å². The first kappa shape index (κ1) is 20.8. The highest BCUT2D eigenvalue weighted by Crippen LogP contribution is 2.34. The first-order valence-electron chi connectivity index (χ1n) is 9.62. The molecule has 0 N–H and O–H groups in total. The Bertz CT molecular complexity index is 1150. The average molecular weight is 448 g/mol. The Hall–Kier alpha value is -2.42. The summed E-state index contributed by atoms with van der Waals surface area (Å²) in [5, 5.41) is 8.68. The number of aromatic nitrogens is 2. The SMILES string of the molecule is COc1ccc(Cl)cc1S(=O)(=O)N1CCC[C@@H](c2nnc(-c3ccc(C)cc3)o2)C1. The van der Waals surface area contributed by atoms with Crippen molar-refractivity contribution < 1.29 is 17.6 Å². The first-order valence-corrected chi connectivity index (χ1v) is 11.4. The van der Waals surface area contributed by atoms with Crippen LogP contribution in [-0.4, -0.2) is 43.1 Å². The number of piperidine rings is 1. The molecule has 0 saturated carbocycles. The second-order valence-corrected chi connectivity index (χ2v) is 9.65. The minimum Gasteiger partial charge on any atom is -0.495 e. The van der Waals surface area contributed by atoms with Crippen LogP contribution in [0.15, 0.2) is 51.8 Å². The summed E-state index contributed by atoms with van der Waals surface area (Å²) in [7, 11) is -2.35. The first-order chi connectivity index (χ1) is 14.4. The summed E-state index contributed by atoms with van der Waals surface area (Å²) in [5.41, 5.74) is 1.98. The second-order valence-electron chi connectivity index (χ2n) is 7.31. The van der Waals surface area contributed by atoms with Crippen molar-refractivity contribution in [1.29, 1.82) is 0 Å². The van der Waals surface area contributed by atoms with Crippen LogP contribution in [0, 0.1) is 6.92 Å². The highest BCUT2D eigenvalue weighted by atomic mass is 35.5. The maximum atomic E-state index is 13.3. The Balaban J connectivity index is 1.58. The molecule has 2 heterocycles. The van der Waals surface area contributed by atoms with Crippen LogP contribution in [0.1, 0.15) is 30.2 Å². The second kappa shape index (κ2) is 8.37. The molecule has 1 aliphatic rings. The topological polar surface area (TPSA) is 85.5 Å². The van der Waals surface area contributed by atoms with E-state index in [0.717, 1.165) is 17.5 Å². The molecule has 0 bridgehead atoms. The molecular formula is C21H22ClN3O4S. The highest BCUT2D eigenvalue weighted by Gasteiger charge is 2.35. The van der Waals surface area contributed by atoms with Gasteiger partial charge < -0.3 is 9.15 Å². The molecule has 2 aromatic carbocycles. The Kier molecular flexibility index (Phi) is 5.81. The molecule has 1 atom stereocenters. The third kappa shape index (κ3) is 4.08. The van der Waals surface area contributed by atoms with Crippen LogP contribution in [0.4, 0.5) is 0 Å². The van der Waals surface area contributed by atoms with Gasteiger partial charge in [-0.3, -0.25) is 0 Å². The van der Waals surface area contributed by atoms with Crippen molar-refractivity contribution in [3.05, 3.63) is 58.9 Å². The lowest BCUT2D eigenvalue weighted by atomic mass is 10.00. The van der Waals surface area contributed by atoms with Gasteiger partial charge in [-0.15, -0.1) is 10.2 Å². The Labute approximate surface area is 180 Å². The van der Waals surface area contributed by atoms with Crippen molar-refractivity contribution >= 4 is 21.6 Å². The van der Waals surface area contributed by atoms with E-state index in [2.05, 4.69) is 10.2 Å². The van der Waals surface area contributed by atoms with E-state index in [0.29, 0.717) is 29.8 Å². The van der Waals surface area contributed by atoms with E-state index in [4.69, 9.17) is 20.8 Å². The zero-order valence-electron chi connectivity index (χ0n) is 16.7. The Morgan fingerprint density at radius 3 is 2.67 bits per heavy atom. The summed E-state index contributed by atoms with van der Waals surface area (Å²) in [6, 6.07) is 12.4. The fourth-order valence-corrected chi connectivity index (χ4v) is 5.51. The van der Waals surface area contributed by atoms with Gasteiger partial charge >= 0.3 is 0 Å². The number of nitrogens with zero attached hydrogens (tertiary/aromatic N) is 3. The molecular weight excluding hydrogens is 426 g/mol. The molecule has 9 heteroatoms. The fraction of sp³-hybridized carbons (Fsp3) is 0.333. The van der Waals surface area contributed by atoms with E-state index in [9.17, 15) is 8.42 Å². The number of ether oxygens (including phenoxy) is 1. The smallest absolute Gasteiger partial charge is 0.247 e. The van der Waals surface area contributed by atoms with Gasteiger partial charge in [0.1, 0.15) is 10.6 Å². The maximum absolute atomic E-state index is 13.3. The quantitative estimate of drug-likeness (QED) is 0.580. The van der Waals surface area contributed by atoms with E-state index in [1.807, 2.05) is 31.2 Å². The molecule has 158 valence electrons. The number of aryl methyl sites for hydroxylation is 1. The van der Waals surface area contributed by atoms with Gasteiger partial charge in [0, 0.05) is 23.7 Å². The van der Waals surface area contributed by atoms with Crippen LogP contribution in [0.3, 0.4) is 0 Å². The van der Waals surface area contributed by atoms with Gasteiger partial charge in [-0.1, -0.05) is 29.3 Å². The van der Waals surface area contributed by atoms with Gasteiger partial charge in [0.25, 0.3) is 0 Å². The molecule has 1 aliphatic heterocycles.